The van der Waals surface area contributed by atoms with Gasteiger partial charge in [0, 0.05) is 17.0 Å². The molecule has 0 unspecified atom stereocenters. The molecule has 172 valence electrons. The lowest BCUT2D eigenvalue weighted by Crippen LogP contribution is -2.11. The molecule has 0 fully saturated rings. The molecule has 1 N–H and O–H groups in total. The number of aromatic amines is 1. The molecule has 3 aromatic carbocycles. The Morgan fingerprint density at radius 2 is 1.86 bits per heavy atom. The van der Waals surface area contributed by atoms with Gasteiger partial charge in [-0.05, 0) is 36.2 Å². The number of halogens is 2. The Hall–Kier alpha value is -4.17. The molecule has 5 nitrogen and oxygen atoms in total. The summed E-state index contributed by atoms with van der Waals surface area (Å²) in [6, 6.07) is 20.0. The number of imidazole rings is 1. The van der Waals surface area contributed by atoms with Gasteiger partial charge in [0.15, 0.2) is 17.5 Å². The van der Waals surface area contributed by atoms with E-state index in [1.165, 1.54) is 23.5 Å². The first kappa shape index (κ1) is 21.4. The van der Waals surface area contributed by atoms with Crippen molar-refractivity contribution in [3.05, 3.63) is 105 Å². The minimum atomic E-state index is -1.07. The average Bonchev–Trinajstić information content (AvgIpc) is 3.45. The summed E-state index contributed by atoms with van der Waals surface area (Å²) in [6.07, 6.45) is 0. The summed E-state index contributed by atoms with van der Waals surface area (Å²) in [5.74, 6) is -1.37. The number of aryl methyl sites for hydroxylation is 1. The highest BCUT2D eigenvalue weighted by Crippen LogP contribution is 2.35. The predicted molar refractivity (Wildman–Crippen MR) is 135 cm³/mol. The van der Waals surface area contributed by atoms with Crippen molar-refractivity contribution >= 4 is 33.3 Å². The van der Waals surface area contributed by atoms with Crippen LogP contribution in [-0.2, 0) is 6.54 Å². The van der Waals surface area contributed by atoms with Gasteiger partial charge in [-0.2, -0.15) is 0 Å². The zero-order valence-corrected chi connectivity index (χ0v) is 19.4. The minimum absolute atomic E-state index is 0.141. The minimum Gasteiger partial charge on any atom is -0.319 e. The van der Waals surface area contributed by atoms with Crippen LogP contribution in [0.1, 0.15) is 11.3 Å². The molecule has 6 aromatic rings. The SMILES string of the molecule is Cc1ncsc1-c1nc2c(-c3ccccc3)cccc2n1Cc1cc(=O)[nH]c2c(F)c(F)ccc12. The van der Waals surface area contributed by atoms with E-state index >= 15 is 0 Å². The van der Waals surface area contributed by atoms with E-state index in [4.69, 9.17) is 4.98 Å². The largest absolute Gasteiger partial charge is 0.319 e. The predicted octanol–water partition coefficient (Wildman–Crippen LogP) is 6.30. The van der Waals surface area contributed by atoms with E-state index < -0.39 is 17.2 Å². The number of rotatable bonds is 4. The number of pyridine rings is 1. The van der Waals surface area contributed by atoms with Crippen molar-refractivity contribution in [3.63, 3.8) is 0 Å². The second-order valence-electron chi connectivity index (χ2n) is 8.27. The second kappa shape index (κ2) is 8.25. The number of hydrogen-bond acceptors (Lipinski definition) is 4. The molecule has 35 heavy (non-hydrogen) atoms. The number of hydrogen-bond donors (Lipinski definition) is 1. The van der Waals surface area contributed by atoms with Crippen LogP contribution in [0.3, 0.4) is 0 Å². The lowest BCUT2D eigenvalue weighted by atomic mass is 10.0. The van der Waals surface area contributed by atoms with Gasteiger partial charge in [0.2, 0.25) is 5.56 Å². The molecule has 0 bridgehead atoms. The van der Waals surface area contributed by atoms with E-state index in [1.807, 2.05) is 60.0 Å². The van der Waals surface area contributed by atoms with Gasteiger partial charge in [-0.15, -0.1) is 11.3 Å². The third-order valence-electron chi connectivity index (χ3n) is 6.14. The van der Waals surface area contributed by atoms with Crippen LogP contribution in [0, 0.1) is 18.6 Å². The molecule has 0 aliphatic rings. The number of benzene rings is 3. The number of fused-ring (bicyclic) bond motifs is 2. The fourth-order valence-corrected chi connectivity index (χ4v) is 5.29. The Morgan fingerprint density at radius 3 is 2.63 bits per heavy atom. The number of aromatic nitrogens is 4. The second-order valence-corrected chi connectivity index (χ2v) is 9.13. The van der Waals surface area contributed by atoms with E-state index in [1.54, 1.807) is 5.51 Å². The molecule has 0 amide bonds. The van der Waals surface area contributed by atoms with Crippen LogP contribution >= 0.6 is 11.3 Å². The van der Waals surface area contributed by atoms with Gasteiger partial charge in [0.1, 0.15) is 0 Å². The number of H-pyrrole nitrogens is 1. The zero-order valence-electron chi connectivity index (χ0n) is 18.5. The first-order valence-corrected chi connectivity index (χ1v) is 11.8. The molecule has 3 heterocycles. The van der Waals surface area contributed by atoms with Crippen molar-refractivity contribution in [3.8, 4) is 21.8 Å². The molecule has 0 spiro atoms. The summed E-state index contributed by atoms with van der Waals surface area (Å²) in [5, 5.41) is 0.441. The van der Waals surface area contributed by atoms with Gasteiger partial charge in [0.05, 0.1) is 39.2 Å². The van der Waals surface area contributed by atoms with E-state index in [-0.39, 0.29) is 12.1 Å². The lowest BCUT2D eigenvalue weighted by Gasteiger charge is -2.12. The molecule has 0 radical (unpaired) electrons. The monoisotopic (exact) mass is 484 g/mol. The van der Waals surface area contributed by atoms with Gasteiger partial charge >= 0.3 is 0 Å². The summed E-state index contributed by atoms with van der Waals surface area (Å²) in [5.41, 5.74) is 6.24. The van der Waals surface area contributed by atoms with E-state index in [0.29, 0.717) is 16.8 Å². The van der Waals surface area contributed by atoms with Gasteiger partial charge in [0.25, 0.3) is 0 Å². The lowest BCUT2D eigenvalue weighted by molar-refractivity contribution is 0.515. The molecule has 0 atom stereocenters. The average molecular weight is 485 g/mol. The third-order valence-corrected chi connectivity index (χ3v) is 7.06. The number of nitrogens with zero attached hydrogens (tertiary/aromatic N) is 3. The highest BCUT2D eigenvalue weighted by molar-refractivity contribution is 7.13. The standard InChI is InChI=1S/C27H18F2N4OS/c1-15-26(35-14-30-15)27-32-24-18(16-6-3-2-4-7-16)8-5-9-21(24)33(27)13-17-12-22(34)31-25-19(17)10-11-20(28)23(25)29/h2-12,14H,13H2,1H3,(H,31,34). The Kier molecular flexibility index (Phi) is 5.04. The maximum Gasteiger partial charge on any atom is 0.248 e. The molecule has 0 aliphatic heterocycles. The number of nitrogens with one attached hydrogen (secondary N) is 1. The molecular weight excluding hydrogens is 466 g/mol. The maximum atomic E-state index is 14.5. The number of para-hydroxylation sites is 1. The fourth-order valence-electron chi connectivity index (χ4n) is 4.48. The Morgan fingerprint density at radius 1 is 1.03 bits per heavy atom. The van der Waals surface area contributed by atoms with Gasteiger partial charge < -0.3 is 9.55 Å². The molecular formula is C27H18F2N4OS. The van der Waals surface area contributed by atoms with Gasteiger partial charge in [-0.1, -0.05) is 42.5 Å². The van der Waals surface area contributed by atoms with Crippen molar-refractivity contribution < 1.29 is 8.78 Å². The first-order chi connectivity index (χ1) is 17.0. The zero-order chi connectivity index (χ0) is 24.1. The Balaban J connectivity index is 1.63. The first-order valence-electron chi connectivity index (χ1n) is 11.0. The molecule has 0 aliphatic carbocycles. The number of thiazole rings is 1. The molecule has 0 saturated carbocycles. The fraction of sp³-hybridized carbons (Fsp3) is 0.0741. The van der Waals surface area contributed by atoms with Crippen LogP contribution < -0.4 is 5.56 Å². The third kappa shape index (κ3) is 3.54. The molecule has 0 saturated heterocycles. The van der Waals surface area contributed by atoms with Crippen molar-refractivity contribution in [2.45, 2.75) is 13.5 Å². The Labute approximate surface area is 202 Å². The van der Waals surface area contributed by atoms with Crippen molar-refractivity contribution in [2.75, 3.05) is 0 Å². The summed E-state index contributed by atoms with van der Waals surface area (Å²) >= 11 is 1.48. The highest BCUT2D eigenvalue weighted by atomic mass is 32.1. The maximum absolute atomic E-state index is 14.5. The topological polar surface area (TPSA) is 63.6 Å². The summed E-state index contributed by atoms with van der Waals surface area (Å²) in [7, 11) is 0. The smallest absolute Gasteiger partial charge is 0.248 e. The molecule has 6 rings (SSSR count). The Bertz CT molecular complexity index is 1790. The summed E-state index contributed by atoms with van der Waals surface area (Å²) in [6.45, 7) is 2.17. The molecule has 8 heteroatoms. The summed E-state index contributed by atoms with van der Waals surface area (Å²) < 4.78 is 30.4. The van der Waals surface area contributed by atoms with Crippen LogP contribution in [0.4, 0.5) is 8.78 Å². The normalized spacial score (nSPS) is 11.5. The quantitative estimate of drug-likeness (QED) is 0.319. The van der Waals surface area contributed by atoms with Crippen molar-refractivity contribution in [1.29, 1.82) is 0 Å². The molecule has 3 aromatic heterocycles. The van der Waals surface area contributed by atoms with E-state index in [2.05, 4.69) is 9.97 Å². The van der Waals surface area contributed by atoms with Gasteiger partial charge in [-0.3, -0.25) is 4.79 Å². The van der Waals surface area contributed by atoms with Crippen LogP contribution in [0.15, 0.2) is 77.0 Å². The van der Waals surface area contributed by atoms with Crippen LogP contribution in [-0.4, -0.2) is 19.5 Å². The van der Waals surface area contributed by atoms with Crippen molar-refractivity contribution in [1.82, 2.24) is 19.5 Å². The van der Waals surface area contributed by atoms with Crippen LogP contribution in [0.5, 0.6) is 0 Å². The van der Waals surface area contributed by atoms with Gasteiger partial charge in [-0.25, -0.2) is 18.7 Å². The van der Waals surface area contributed by atoms with Crippen LogP contribution in [0.2, 0.25) is 0 Å². The highest BCUT2D eigenvalue weighted by Gasteiger charge is 2.20. The van der Waals surface area contributed by atoms with E-state index in [9.17, 15) is 13.6 Å². The van der Waals surface area contributed by atoms with Crippen molar-refractivity contribution in [2.24, 2.45) is 0 Å². The van der Waals surface area contributed by atoms with E-state index in [0.717, 1.165) is 38.8 Å². The summed E-state index contributed by atoms with van der Waals surface area (Å²) in [4.78, 5) is 25.2. The van der Waals surface area contributed by atoms with Crippen LogP contribution in [0.25, 0.3) is 43.8 Å².